The number of aryl methyl sites for hydroxylation is 1. The van der Waals surface area contributed by atoms with Crippen LogP contribution in [0.15, 0.2) is 6.07 Å². The van der Waals surface area contributed by atoms with E-state index in [0.29, 0.717) is 18.1 Å². The SMILES string of the molecule is Cc1cc2c(NN)nc(C3CCS(=O)(=O)C3)nc2s1. The monoisotopic (exact) mass is 298 g/mol. The van der Waals surface area contributed by atoms with Crippen molar-refractivity contribution in [2.45, 2.75) is 19.3 Å². The molecular formula is C11H14N4O2S2. The Bertz CT molecular complexity index is 738. The van der Waals surface area contributed by atoms with Crippen LogP contribution in [0.4, 0.5) is 5.82 Å². The number of hydrogen-bond donors (Lipinski definition) is 2. The van der Waals surface area contributed by atoms with E-state index in [-0.39, 0.29) is 17.4 Å². The Morgan fingerprint density at radius 2 is 2.26 bits per heavy atom. The van der Waals surface area contributed by atoms with Crippen LogP contribution >= 0.6 is 11.3 Å². The lowest BCUT2D eigenvalue weighted by Crippen LogP contribution is -2.13. The minimum Gasteiger partial charge on any atom is -0.308 e. The molecule has 0 aliphatic carbocycles. The largest absolute Gasteiger partial charge is 0.308 e. The summed E-state index contributed by atoms with van der Waals surface area (Å²) >= 11 is 1.56. The Labute approximate surface area is 114 Å². The van der Waals surface area contributed by atoms with Gasteiger partial charge in [-0.05, 0) is 19.4 Å². The van der Waals surface area contributed by atoms with Gasteiger partial charge in [0, 0.05) is 10.8 Å². The molecule has 102 valence electrons. The van der Waals surface area contributed by atoms with E-state index >= 15 is 0 Å². The highest BCUT2D eigenvalue weighted by Crippen LogP contribution is 2.32. The summed E-state index contributed by atoms with van der Waals surface area (Å²) in [5.74, 6) is 6.85. The van der Waals surface area contributed by atoms with Crippen molar-refractivity contribution in [3.05, 3.63) is 16.8 Å². The van der Waals surface area contributed by atoms with Gasteiger partial charge in [0.1, 0.15) is 10.7 Å². The van der Waals surface area contributed by atoms with Gasteiger partial charge in [0.25, 0.3) is 0 Å². The topological polar surface area (TPSA) is 98.0 Å². The zero-order valence-electron chi connectivity index (χ0n) is 10.4. The van der Waals surface area contributed by atoms with Crippen LogP contribution in [-0.4, -0.2) is 29.9 Å². The molecule has 3 rings (SSSR count). The molecule has 3 N–H and O–H groups in total. The summed E-state index contributed by atoms with van der Waals surface area (Å²) in [5, 5.41) is 0.884. The highest BCUT2D eigenvalue weighted by atomic mass is 32.2. The van der Waals surface area contributed by atoms with E-state index in [1.165, 1.54) is 0 Å². The third-order valence-electron chi connectivity index (χ3n) is 3.27. The molecule has 1 aliphatic heterocycles. The van der Waals surface area contributed by atoms with Gasteiger partial charge < -0.3 is 5.43 Å². The van der Waals surface area contributed by atoms with E-state index in [0.717, 1.165) is 15.1 Å². The van der Waals surface area contributed by atoms with Gasteiger partial charge in [-0.25, -0.2) is 24.2 Å². The van der Waals surface area contributed by atoms with Crippen molar-refractivity contribution >= 4 is 37.2 Å². The second-order valence-corrected chi connectivity index (χ2v) is 8.21. The van der Waals surface area contributed by atoms with Crippen molar-refractivity contribution in [2.75, 3.05) is 16.9 Å². The second-order valence-electron chi connectivity index (χ2n) is 4.75. The zero-order valence-corrected chi connectivity index (χ0v) is 12.0. The average molecular weight is 298 g/mol. The molecule has 0 radical (unpaired) electrons. The molecule has 2 aromatic heterocycles. The van der Waals surface area contributed by atoms with Gasteiger partial charge in [-0.1, -0.05) is 0 Å². The maximum absolute atomic E-state index is 11.5. The number of nitrogens with two attached hydrogens (primary N) is 1. The van der Waals surface area contributed by atoms with Crippen molar-refractivity contribution < 1.29 is 8.42 Å². The van der Waals surface area contributed by atoms with E-state index < -0.39 is 9.84 Å². The summed E-state index contributed by atoms with van der Waals surface area (Å²) in [4.78, 5) is 10.8. The number of hydrazine groups is 1. The molecule has 8 heteroatoms. The molecule has 0 aromatic carbocycles. The number of nitrogens with one attached hydrogen (secondary N) is 1. The van der Waals surface area contributed by atoms with Gasteiger partial charge >= 0.3 is 0 Å². The van der Waals surface area contributed by atoms with Gasteiger partial charge in [-0.3, -0.25) is 0 Å². The molecule has 1 aliphatic rings. The Morgan fingerprint density at radius 1 is 1.47 bits per heavy atom. The fourth-order valence-electron chi connectivity index (χ4n) is 2.35. The van der Waals surface area contributed by atoms with Crippen LogP contribution in [-0.2, 0) is 9.84 Å². The van der Waals surface area contributed by atoms with E-state index in [1.807, 2.05) is 13.0 Å². The van der Waals surface area contributed by atoms with Gasteiger partial charge in [-0.2, -0.15) is 0 Å². The highest BCUT2D eigenvalue weighted by molar-refractivity contribution is 7.91. The lowest BCUT2D eigenvalue weighted by atomic mass is 10.1. The predicted octanol–water partition coefficient (Wildman–Crippen LogP) is 1.19. The summed E-state index contributed by atoms with van der Waals surface area (Å²) < 4.78 is 23.1. The van der Waals surface area contributed by atoms with Crippen LogP contribution in [0, 0.1) is 6.92 Å². The van der Waals surface area contributed by atoms with Gasteiger partial charge in [0.2, 0.25) is 0 Å². The van der Waals surface area contributed by atoms with E-state index in [1.54, 1.807) is 11.3 Å². The molecule has 19 heavy (non-hydrogen) atoms. The molecule has 6 nitrogen and oxygen atoms in total. The normalized spacial score (nSPS) is 21.9. The Kier molecular flexibility index (Phi) is 2.95. The van der Waals surface area contributed by atoms with E-state index in [4.69, 9.17) is 5.84 Å². The number of fused-ring (bicyclic) bond motifs is 1. The van der Waals surface area contributed by atoms with Crippen molar-refractivity contribution in [3.8, 4) is 0 Å². The number of rotatable bonds is 2. The smallest absolute Gasteiger partial charge is 0.152 e. The molecule has 3 heterocycles. The van der Waals surface area contributed by atoms with Crippen LogP contribution in [0.2, 0.25) is 0 Å². The first kappa shape index (κ1) is 12.8. The maximum Gasteiger partial charge on any atom is 0.152 e. The standard InChI is InChI=1S/C11H14N4O2S2/c1-6-4-8-10(15-12)13-9(14-11(8)18-6)7-2-3-19(16,17)5-7/h4,7H,2-3,5,12H2,1H3,(H,13,14,15). The van der Waals surface area contributed by atoms with Crippen molar-refractivity contribution in [3.63, 3.8) is 0 Å². The number of anilines is 1. The number of sulfone groups is 1. The number of nitrogens with zero attached hydrogens (tertiary/aromatic N) is 2. The first-order valence-electron chi connectivity index (χ1n) is 5.93. The summed E-state index contributed by atoms with van der Waals surface area (Å²) in [6.07, 6.45) is 0.586. The van der Waals surface area contributed by atoms with Gasteiger partial charge in [0.15, 0.2) is 15.7 Å². The minimum absolute atomic E-state index is 0.121. The van der Waals surface area contributed by atoms with Crippen LogP contribution in [0.5, 0.6) is 0 Å². The summed E-state index contributed by atoms with van der Waals surface area (Å²) in [5.41, 5.74) is 2.57. The summed E-state index contributed by atoms with van der Waals surface area (Å²) in [6.45, 7) is 1.99. The minimum atomic E-state index is -2.94. The average Bonchev–Trinajstić information content (AvgIpc) is 2.89. The molecule has 1 fully saturated rings. The second kappa shape index (κ2) is 4.39. The Hall–Kier alpha value is -1.25. The highest BCUT2D eigenvalue weighted by Gasteiger charge is 2.31. The number of nitrogen functional groups attached to an aromatic ring is 1. The lowest BCUT2D eigenvalue weighted by molar-refractivity contribution is 0.601. The predicted molar refractivity (Wildman–Crippen MR) is 76.0 cm³/mol. The van der Waals surface area contributed by atoms with Crippen molar-refractivity contribution in [1.29, 1.82) is 0 Å². The molecule has 0 bridgehead atoms. The Balaban J connectivity index is 2.10. The molecule has 2 aromatic rings. The number of thiophene rings is 1. The molecule has 1 saturated heterocycles. The molecule has 0 saturated carbocycles. The Morgan fingerprint density at radius 3 is 2.89 bits per heavy atom. The van der Waals surface area contributed by atoms with Crippen LogP contribution in [0.1, 0.15) is 23.0 Å². The van der Waals surface area contributed by atoms with Crippen molar-refractivity contribution in [1.82, 2.24) is 9.97 Å². The molecule has 1 unspecified atom stereocenters. The third kappa shape index (κ3) is 2.31. The van der Waals surface area contributed by atoms with Crippen molar-refractivity contribution in [2.24, 2.45) is 5.84 Å². The zero-order chi connectivity index (χ0) is 13.6. The van der Waals surface area contributed by atoms with E-state index in [2.05, 4.69) is 15.4 Å². The van der Waals surface area contributed by atoms with Crippen LogP contribution in [0.25, 0.3) is 10.2 Å². The summed E-state index contributed by atoms with van der Waals surface area (Å²) in [7, 11) is -2.94. The van der Waals surface area contributed by atoms with Gasteiger partial charge in [-0.15, -0.1) is 11.3 Å². The fourth-order valence-corrected chi connectivity index (χ4v) is 4.98. The number of hydrogen-bond acceptors (Lipinski definition) is 7. The first-order valence-corrected chi connectivity index (χ1v) is 8.57. The molecule has 0 amide bonds. The van der Waals surface area contributed by atoms with Gasteiger partial charge in [0.05, 0.1) is 16.9 Å². The third-order valence-corrected chi connectivity index (χ3v) is 5.98. The summed E-state index contributed by atoms with van der Waals surface area (Å²) in [6, 6.07) is 1.98. The maximum atomic E-state index is 11.5. The fraction of sp³-hybridized carbons (Fsp3) is 0.455. The lowest BCUT2D eigenvalue weighted by Gasteiger charge is -2.08. The molecule has 0 spiro atoms. The van der Waals surface area contributed by atoms with Crippen LogP contribution in [0.3, 0.4) is 0 Å². The first-order chi connectivity index (χ1) is 8.98. The van der Waals surface area contributed by atoms with Crippen LogP contribution < -0.4 is 11.3 Å². The number of aromatic nitrogens is 2. The van der Waals surface area contributed by atoms with E-state index in [9.17, 15) is 8.42 Å². The quantitative estimate of drug-likeness (QED) is 0.638. The molecule has 1 atom stereocenters. The molecular weight excluding hydrogens is 284 g/mol.